The first-order valence-corrected chi connectivity index (χ1v) is 7.21. The topological polar surface area (TPSA) is 24.1 Å². The van der Waals surface area contributed by atoms with E-state index in [9.17, 15) is 0 Å². The fourth-order valence-electron chi connectivity index (χ4n) is 3.32. The van der Waals surface area contributed by atoms with E-state index >= 15 is 0 Å². The average molecular weight is 224 g/mol. The number of hydrogen-bond donors (Lipinski definition) is 2. The zero-order valence-electron chi connectivity index (χ0n) is 11.0. The molecule has 2 nitrogen and oxygen atoms in total. The molecule has 4 unspecified atom stereocenters. The summed E-state index contributed by atoms with van der Waals surface area (Å²) >= 11 is 0. The van der Waals surface area contributed by atoms with Crippen LogP contribution in [0, 0.1) is 17.8 Å². The first-order chi connectivity index (χ1) is 7.77. The normalized spacial score (nSPS) is 34.1. The van der Waals surface area contributed by atoms with Gasteiger partial charge in [0.15, 0.2) is 0 Å². The molecule has 0 aromatic rings. The minimum atomic E-state index is 0.814. The van der Waals surface area contributed by atoms with Crippen molar-refractivity contribution >= 4 is 0 Å². The molecule has 0 aromatic carbocycles. The van der Waals surface area contributed by atoms with E-state index in [1.807, 2.05) is 0 Å². The molecule has 0 bridgehead atoms. The number of nitrogens with one attached hydrogen (secondary N) is 2. The van der Waals surface area contributed by atoms with Gasteiger partial charge in [0.2, 0.25) is 0 Å². The average Bonchev–Trinajstić information content (AvgIpc) is 2.95. The van der Waals surface area contributed by atoms with Crippen molar-refractivity contribution in [2.75, 3.05) is 19.6 Å². The van der Waals surface area contributed by atoms with Crippen LogP contribution in [0.25, 0.3) is 0 Å². The molecule has 2 aliphatic heterocycles. The molecule has 0 aliphatic carbocycles. The standard InChI is InChI=1S/C14H28N2/c1-11(13-7-9-15-10-13)5-6-12(2)14-4-3-8-16-14/h11-16H,3-10H2,1-2H3. The van der Waals surface area contributed by atoms with Gasteiger partial charge in [-0.2, -0.15) is 0 Å². The highest BCUT2D eigenvalue weighted by Gasteiger charge is 2.24. The summed E-state index contributed by atoms with van der Waals surface area (Å²) in [5, 5.41) is 7.12. The fraction of sp³-hybridized carbons (Fsp3) is 1.00. The molecule has 16 heavy (non-hydrogen) atoms. The van der Waals surface area contributed by atoms with Crippen molar-refractivity contribution in [1.29, 1.82) is 0 Å². The Morgan fingerprint density at radius 2 is 1.88 bits per heavy atom. The molecule has 2 heteroatoms. The van der Waals surface area contributed by atoms with E-state index in [1.165, 1.54) is 51.7 Å². The van der Waals surface area contributed by atoms with Gasteiger partial charge in [-0.05, 0) is 63.1 Å². The lowest BCUT2D eigenvalue weighted by Crippen LogP contribution is -2.29. The smallest absolute Gasteiger partial charge is 0.00931 e. The summed E-state index contributed by atoms with van der Waals surface area (Å²) in [6.45, 7) is 8.64. The zero-order chi connectivity index (χ0) is 11.4. The second kappa shape index (κ2) is 6.02. The summed E-state index contributed by atoms with van der Waals surface area (Å²) in [6.07, 6.45) is 7.02. The Morgan fingerprint density at radius 1 is 1.06 bits per heavy atom. The van der Waals surface area contributed by atoms with Crippen LogP contribution in [0.5, 0.6) is 0 Å². The second-order valence-electron chi connectivity index (χ2n) is 5.99. The van der Waals surface area contributed by atoms with Gasteiger partial charge in [-0.1, -0.05) is 20.3 Å². The number of rotatable bonds is 5. The highest BCUT2D eigenvalue weighted by Crippen LogP contribution is 2.27. The molecule has 4 atom stereocenters. The molecule has 0 saturated carbocycles. The van der Waals surface area contributed by atoms with E-state index in [0.717, 1.165) is 23.8 Å². The van der Waals surface area contributed by atoms with Gasteiger partial charge in [-0.25, -0.2) is 0 Å². The molecule has 2 aliphatic rings. The van der Waals surface area contributed by atoms with Crippen molar-refractivity contribution in [3.8, 4) is 0 Å². The van der Waals surface area contributed by atoms with Crippen LogP contribution in [0.3, 0.4) is 0 Å². The first-order valence-electron chi connectivity index (χ1n) is 7.21. The summed E-state index contributed by atoms with van der Waals surface area (Å²) in [5.41, 5.74) is 0. The van der Waals surface area contributed by atoms with Crippen molar-refractivity contribution in [3.05, 3.63) is 0 Å². The monoisotopic (exact) mass is 224 g/mol. The SMILES string of the molecule is CC(CCC(C)C1CCCN1)C1CCNC1. The van der Waals surface area contributed by atoms with Crippen molar-refractivity contribution < 1.29 is 0 Å². The summed E-state index contributed by atoms with van der Waals surface area (Å²) in [6, 6.07) is 0.814. The lowest BCUT2D eigenvalue weighted by Gasteiger charge is -2.23. The highest BCUT2D eigenvalue weighted by atomic mass is 14.9. The van der Waals surface area contributed by atoms with Crippen molar-refractivity contribution in [2.45, 2.75) is 52.0 Å². The van der Waals surface area contributed by atoms with Gasteiger partial charge in [0, 0.05) is 6.04 Å². The maximum absolute atomic E-state index is 3.64. The van der Waals surface area contributed by atoms with Gasteiger partial charge in [-0.15, -0.1) is 0 Å². The van der Waals surface area contributed by atoms with Crippen molar-refractivity contribution in [2.24, 2.45) is 17.8 Å². The molecule has 94 valence electrons. The van der Waals surface area contributed by atoms with E-state index in [0.29, 0.717) is 0 Å². The van der Waals surface area contributed by atoms with Gasteiger partial charge in [-0.3, -0.25) is 0 Å². The predicted molar refractivity (Wildman–Crippen MR) is 69.6 cm³/mol. The molecule has 0 amide bonds. The quantitative estimate of drug-likeness (QED) is 0.749. The molecule has 2 saturated heterocycles. The van der Waals surface area contributed by atoms with Crippen molar-refractivity contribution in [1.82, 2.24) is 10.6 Å². The van der Waals surface area contributed by atoms with Crippen LogP contribution in [0.1, 0.15) is 46.0 Å². The fourth-order valence-corrected chi connectivity index (χ4v) is 3.32. The van der Waals surface area contributed by atoms with Crippen LogP contribution in [0.4, 0.5) is 0 Å². The third-order valence-corrected chi connectivity index (χ3v) is 4.77. The molecule has 2 heterocycles. The molecule has 2 fully saturated rings. The molecule has 0 aromatic heterocycles. The van der Waals surface area contributed by atoms with Crippen LogP contribution >= 0.6 is 0 Å². The first kappa shape index (κ1) is 12.4. The Morgan fingerprint density at radius 3 is 2.50 bits per heavy atom. The Bertz CT molecular complexity index is 171. The molecule has 0 spiro atoms. The number of hydrogen-bond acceptors (Lipinski definition) is 2. The largest absolute Gasteiger partial charge is 0.316 e. The zero-order valence-corrected chi connectivity index (χ0v) is 11.0. The summed E-state index contributed by atoms with van der Waals surface area (Å²) < 4.78 is 0. The molecular formula is C14H28N2. The van der Waals surface area contributed by atoms with Gasteiger partial charge in [0.05, 0.1) is 0 Å². The lowest BCUT2D eigenvalue weighted by molar-refractivity contribution is 0.304. The van der Waals surface area contributed by atoms with E-state index in [2.05, 4.69) is 24.5 Å². The Hall–Kier alpha value is -0.0800. The van der Waals surface area contributed by atoms with Crippen LogP contribution in [0.15, 0.2) is 0 Å². The van der Waals surface area contributed by atoms with Crippen LogP contribution in [-0.4, -0.2) is 25.7 Å². The van der Waals surface area contributed by atoms with Crippen molar-refractivity contribution in [3.63, 3.8) is 0 Å². The van der Waals surface area contributed by atoms with Gasteiger partial charge in [0.1, 0.15) is 0 Å². The Labute approximate surface area is 101 Å². The van der Waals surface area contributed by atoms with Gasteiger partial charge >= 0.3 is 0 Å². The Balaban J connectivity index is 1.65. The maximum Gasteiger partial charge on any atom is 0.00931 e. The molecular weight excluding hydrogens is 196 g/mol. The third-order valence-electron chi connectivity index (χ3n) is 4.77. The molecule has 2 rings (SSSR count). The van der Waals surface area contributed by atoms with Gasteiger partial charge in [0.25, 0.3) is 0 Å². The van der Waals surface area contributed by atoms with Crippen LogP contribution < -0.4 is 10.6 Å². The van der Waals surface area contributed by atoms with Crippen LogP contribution in [0.2, 0.25) is 0 Å². The summed E-state index contributed by atoms with van der Waals surface area (Å²) in [5.74, 6) is 2.74. The van der Waals surface area contributed by atoms with Crippen LogP contribution in [-0.2, 0) is 0 Å². The summed E-state index contributed by atoms with van der Waals surface area (Å²) in [4.78, 5) is 0. The van der Waals surface area contributed by atoms with E-state index in [4.69, 9.17) is 0 Å². The maximum atomic E-state index is 3.64. The highest BCUT2D eigenvalue weighted by molar-refractivity contribution is 4.81. The van der Waals surface area contributed by atoms with E-state index in [1.54, 1.807) is 0 Å². The van der Waals surface area contributed by atoms with Gasteiger partial charge < -0.3 is 10.6 Å². The minimum Gasteiger partial charge on any atom is -0.316 e. The minimum absolute atomic E-state index is 0.814. The van der Waals surface area contributed by atoms with E-state index in [-0.39, 0.29) is 0 Å². The van der Waals surface area contributed by atoms with E-state index < -0.39 is 0 Å². The Kier molecular flexibility index (Phi) is 4.66. The third kappa shape index (κ3) is 3.21. The predicted octanol–water partition coefficient (Wildman–Crippen LogP) is 2.40. The second-order valence-corrected chi connectivity index (χ2v) is 5.99. The lowest BCUT2D eigenvalue weighted by atomic mass is 9.85. The summed E-state index contributed by atoms with van der Waals surface area (Å²) in [7, 11) is 0. The molecule has 2 N–H and O–H groups in total. The molecule has 0 radical (unpaired) electrons.